The van der Waals surface area contributed by atoms with Crippen LogP contribution >= 0.6 is 22.7 Å². The maximum atomic E-state index is 12.5. The average Bonchev–Trinajstić information content (AvgIpc) is 3.06. The van der Waals surface area contributed by atoms with Gasteiger partial charge < -0.3 is 9.80 Å². The van der Waals surface area contributed by atoms with Gasteiger partial charge in [-0.25, -0.2) is 0 Å². The van der Waals surface area contributed by atoms with Crippen LogP contribution in [0.2, 0.25) is 0 Å². The van der Waals surface area contributed by atoms with Crippen molar-refractivity contribution in [1.82, 2.24) is 9.80 Å². The van der Waals surface area contributed by atoms with Gasteiger partial charge in [0.05, 0.1) is 12.1 Å². The summed E-state index contributed by atoms with van der Waals surface area (Å²) in [6.45, 7) is 2.32. The van der Waals surface area contributed by atoms with Crippen LogP contribution in [0, 0.1) is 0 Å². The highest BCUT2D eigenvalue weighted by Gasteiger charge is 2.16. The molecule has 0 N–H and O–H groups in total. The fraction of sp³-hybridized carbons (Fsp3) is 0.357. The van der Waals surface area contributed by atoms with Crippen molar-refractivity contribution in [3.05, 3.63) is 44.8 Å². The van der Waals surface area contributed by atoms with Gasteiger partial charge in [0.15, 0.2) is 0 Å². The molecule has 0 saturated carbocycles. The Kier molecular flexibility index (Phi) is 5.13. The first kappa shape index (κ1) is 14.2. The second-order valence-corrected chi connectivity index (χ2v) is 6.43. The van der Waals surface area contributed by atoms with Gasteiger partial charge in [0, 0.05) is 23.3 Å². The molecular formula is C14H18N2OS2. The minimum atomic E-state index is 0.122. The topological polar surface area (TPSA) is 23.6 Å². The molecule has 1 amide bonds. The second kappa shape index (κ2) is 6.84. The van der Waals surface area contributed by atoms with Gasteiger partial charge in [-0.2, -0.15) is 11.3 Å². The zero-order chi connectivity index (χ0) is 13.7. The van der Waals surface area contributed by atoms with E-state index in [4.69, 9.17) is 0 Å². The zero-order valence-corrected chi connectivity index (χ0v) is 12.8. The van der Waals surface area contributed by atoms with E-state index in [1.54, 1.807) is 22.7 Å². The Morgan fingerprint density at radius 1 is 1.21 bits per heavy atom. The van der Waals surface area contributed by atoms with Crippen molar-refractivity contribution in [3.63, 3.8) is 0 Å². The third-order valence-corrected chi connectivity index (χ3v) is 4.34. The lowest BCUT2D eigenvalue weighted by Crippen LogP contribution is -2.35. The van der Waals surface area contributed by atoms with Crippen molar-refractivity contribution in [2.45, 2.75) is 6.54 Å². The summed E-state index contributed by atoms with van der Waals surface area (Å²) in [5, 5.41) is 5.91. The summed E-state index contributed by atoms with van der Waals surface area (Å²) in [5.74, 6) is 0.122. The van der Waals surface area contributed by atoms with Crippen molar-refractivity contribution in [1.29, 1.82) is 0 Å². The number of carbonyl (C=O) groups excluding carboxylic acids is 1. The summed E-state index contributed by atoms with van der Waals surface area (Å²) < 4.78 is 0. The molecule has 0 atom stereocenters. The van der Waals surface area contributed by atoms with Gasteiger partial charge >= 0.3 is 0 Å². The SMILES string of the molecule is CN(C)CCN(Cc1cccs1)C(=O)c1ccsc1. The first-order valence-corrected chi connectivity index (χ1v) is 7.97. The van der Waals surface area contributed by atoms with E-state index in [0.717, 1.165) is 18.7 Å². The van der Waals surface area contributed by atoms with Gasteiger partial charge in [-0.1, -0.05) is 6.07 Å². The number of carbonyl (C=O) groups is 1. The van der Waals surface area contributed by atoms with Crippen LogP contribution in [0.3, 0.4) is 0 Å². The minimum Gasteiger partial charge on any atom is -0.332 e. The lowest BCUT2D eigenvalue weighted by molar-refractivity contribution is 0.0734. The molecule has 2 aromatic rings. The predicted octanol–water partition coefficient (Wildman–Crippen LogP) is 3.01. The molecule has 2 aromatic heterocycles. The number of amides is 1. The van der Waals surface area contributed by atoms with Crippen LogP contribution in [-0.2, 0) is 6.54 Å². The van der Waals surface area contributed by atoms with Gasteiger partial charge in [0.25, 0.3) is 5.91 Å². The highest BCUT2D eigenvalue weighted by Crippen LogP contribution is 2.15. The number of nitrogens with zero attached hydrogens (tertiary/aromatic N) is 2. The molecule has 0 aliphatic rings. The van der Waals surface area contributed by atoms with E-state index < -0.39 is 0 Å². The van der Waals surface area contributed by atoms with Crippen LogP contribution in [-0.4, -0.2) is 42.9 Å². The fourth-order valence-corrected chi connectivity index (χ4v) is 3.08. The lowest BCUT2D eigenvalue weighted by Gasteiger charge is -2.23. The smallest absolute Gasteiger partial charge is 0.255 e. The van der Waals surface area contributed by atoms with Crippen LogP contribution in [0.1, 0.15) is 15.2 Å². The third-order valence-electron chi connectivity index (χ3n) is 2.80. The summed E-state index contributed by atoms with van der Waals surface area (Å²) in [7, 11) is 4.05. The molecule has 0 spiro atoms. The number of hydrogen-bond donors (Lipinski definition) is 0. The lowest BCUT2D eigenvalue weighted by atomic mass is 10.2. The van der Waals surface area contributed by atoms with Crippen molar-refractivity contribution < 1.29 is 4.79 Å². The normalized spacial score (nSPS) is 10.9. The molecule has 3 nitrogen and oxygen atoms in total. The molecule has 0 fully saturated rings. The minimum absolute atomic E-state index is 0.122. The van der Waals surface area contributed by atoms with Crippen molar-refractivity contribution in [2.24, 2.45) is 0 Å². The third kappa shape index (κ3) is 4.16. The molecule has 0 aromatic carbocycles. The molecule has 0 unspecified atom stereocenters. The molecule has 0 radical (unpaired) electrons. The van der Waals surface area contributed by atoms with Crippen molar-refractivity contribution in [2.75, 3.05) is 27.2 Å². The Hall–Kier alpha value is -1.17. The molecule has 0 saturated heterocycles. The highest BCUT2D eigenvalue weighted by molar-refractivity contribution is 7.09. The van der Waals surface area contributed by atoms with Crippen LogP contribution in [0.15, 0.2) is 34.3 Å². The van der Waals surface area contributed by atoms with E-state index in [1.165, 1.54) is 4.88 Å². The fourth-order valence-electron chi connectivity index (χ4n) is 1.73. The first-order chi connectivity index (χ1) is 9.16. The number of likely N-dealkylation sites (N-methyl/N-ethyl adjacent to an activating group) is 1. The molecule has 5 heteroatoms. The first-order valence-electron chi connectivity index (χ1n) is 6.15. The van der Waals surface area contributed by atoms with Gasteiger partial charge in [-0.3, -0.25) is 4.79 Å². The molecule has 19 heavy (non-hydrogen) atoms. The number of hydrogen-bond acceptors (Lipinski definition) is 4. The molecule has 0 aliphatic heterocycles. The number of thiophene rings is 2. The Labute approximate surface area is 122 Å². The molecule has 2 rings (SSSR count). The average molecular weight is 294 g/mol. The Bertz CT molecular complexity index is 492. The molecule has 0 bridgehead atoms. The summed E-state index contributed by atoms with van der Waals surface area (Å²) in [5.41, 5.74) is 0.792. The summed E-state index contributed by atoms with van der Waals surface area (Å²) in [6.07, 6.45) is 0. The standard InChI is InChI=1S/C14H18N2OS2/c1-15(2)6-7-16(10-13-4-3-8-19-13)14(17)12-5-9-18-11-12/h3-5,8-9,11H,6-7,10H2,1-2H3. The summed E-state index contributed by atoms with van der Waals surface area (Å²) >= 11 is 3.26. The van der Waals surface area contributed by atoms with Crippen LogP contribution in [0.5, 0.6) is 0 Å². The Morgan fingerprint density at radius 2 is 2.05 bits per heavy atom. The maximum Gasteiger partial charge on any atom is 0.255 e. The highest BCUT2D eigenvalue weighted by atomic mass is 32.1. The predicted molar refractivity (Wildman–Crippen MR) is 81.9 cm³/mol. The van der Waals surface area contributed by atoms with Crippen molar-refractivity contribution >= 4 is 28.6 Å². The Morgan fingerprint density at radius 3 is 2.63 bits per heavy atom. The van der Waals surface area contributed by atoms with Gasteiger partial charge in [0.2, 0.25) is 0 Å². The van der Waals surface area contributed by atoms with Gasteiger partial charge in [-0.05, 0) is 37.0 Å². The monoisotopic (exact) mass is 294 g/mol. The zero-order valence-electron chi connectivity index (χ0n) is 11.2. The molecule has 0 aliphatic carbocycles. The van der Waals surface area contributed by atoms with Gasteiger partial charge in [-0.15, -0.1) is 11.3 Å². The van der Waals surface area contributed by atoms with Crippen LogP contribution in [0.25, 0.3) is 0 Å². The van der Waals surface area contributed by atoms with E-state index in [-0.39, 0.29) is 5.91 Å². The van der Waals surface area contributed by atoms with Crippen LogP contribution < -0.4 is 0 Å². The van der Waals surface area contributed by atoms with E-state index >= 15 is 0 Å². The van der Waals surface area contributed by atoms with E-state index in [0.29, 0.717) is 6.54 Å². The van der Waals surface area contributed by atoms with E-state index in [9.17, 15) is 4.79 Å². The quantitative estimate of drug-likeness (QED) is 0.817. The maximum absolute atomic E-state index is 12.5. The Balaban J connectivity index is 2.07. The largest absolute Gasteiger partial charge is 0.332 e. The van der Waals surface area contributed by atoms with Crippen molar-refractivity contribution in [3.8, 4) is 0 Å². The van der Waals surface area contributed by atoms with Crippen LogP contribution in [0.4, 0.5) is 0 Å². The number of rotatable bonds is 6. The molecular weight excluding hydrogens is 276 g/mol. The second-order valence-electron chi connectivity index (χ2n) is 4.62. The molecule has 2 heterocycles. The van der Waals surface area contributed by atoms with Gasteiger partial charge in [0.1, 0.15) is 0 Å². The summed E-state index contributed by atoms with van der Waals surface area (Å²) in [4.78, 5) is 17.7. The van der Waals surface area contributed by atoms with E-state index in [2.05, 4.69) is 16.3 Å². The summed E-state index contributed by atoms with van der Waals surface area (Å²) in [6, 6.07) is 6.00. The molecule has 102 valence electrons. The van der Waals surface area contributed by atoms with E-state index in [1.807, 2.05) is 41.9 Å².